The molecule has 1 amide bonds. The molecule has 0 aliphatic heterocycles. The number of rotatable bonds is 5. The molecule has 0 aromatic carbocycles. The Hall–Kier alpha value is -3.01. The number of thiazole rings is 1. The van der Waals surface area contributed by atoms with Crippen LogP contribution < -0.4 is 5.32 Å². The second kappa shape index (κ2) is 6.24. The van der Waals surface area contributed by atoms with Crippen LogP contribution in [0.3, 0.4) is 0 Å². The van der Waals surface area contributed by atoms with Crippen LogP contribution in [0.2, 0.25) is 0 Å². The van der Waals surface area contributed by atoms with E-state index in [2.05, 4.69) is 20.5 Å². The molecule has 0 fully saturated rings. The van der Waals surface area contributed by atoms with E-state index in [1.54, 1.807) is 4.68 Å². The summed E-state index contributed by atoms with van der Waals surface area (Å²) < 4.78 is 2.97. The summed E-state index contributed by atoms with van der Waals surface area (Å²) in [6, 6.07) is 0. The van der Waals surface area contributed by atoms with E-state index in [-0.39, 0.29) is 18.0 Å². The average Bonchev–Trinajstić information content (AvgIpc) is 3.19. The molecule has 10 heteroatoms. The number of carbonyl (C=O) groups is 2. The molecular formula is C14H14N6O3S. The second-order valence-electron chi connectivity index (χ2n) is 5.12. The number of carboxylic acids is 1. The smallest absolute Gasteiger partial charge is 0.338 e. The highest BCUT2D eigenvalue weighted by atomic mass is 32.1. The third kappa shape index (κ3) is 3.33. The molecule has 9 nitrogen and oxygen atoms in total. The lowest BCUT2D eigenvalue weighted by atomic mass is 10.2. The Balaban J connectivity index is 1.66. The third-order valence-corrected chi connectivity index (χ3v) is 3.98. The quantitative estimate of drug-likeness (QED) is 0.721. The molecule has 0 aliphatic rings. The highest BCUT2D eigenvalue weighted by Crippen LogP contribution is 2.26. The van der Waals surface area contributed by atoms with Gasteiger partial charge < -0.3 is 10.4 Å². The van der Waals surface area contributed by atoms with E-state index in [4.69, 9.17) is 5.11 Å². The van der Waals surface area contributed by atoms with Crippen molar-refractivity contribution in [1.29, 1.82) is 0 Å². The van der Waals surface area contributed by atoms with E-state index in [0.29, 0.717) is 5.13 Å². The van der Waals surface area contributed by atoms with Gasteiger partial charge in [0.1, 0.15) is 6.54 Å². The van der Waals surface area contributed by atoms with Crippen molar-refractivity contribution in [3.05, 3.63) is 35.2 Å². The molecular weight excluding hydrogens is 332 g/mol. The van der Waals surface area contributed by atoms with Crippen molar-refractivity contribution in [2.75, 3.05) is 5.32 Å². The number of anilines is 1. The largest absolute Gasteiger partial charge is 0.478 e. The molecule has 24 heavy (non-hydrogen) atoms. The summed E-state index contributed by atoms with van der Waals surface area (Å²) in [4.78, 5) is 27.2. The molecule has 0 atom stereocenters. The minimum Gasteiger partial charge on any atom is -0.478 e. The molecule has 0 unspecified atom stereocenters. The predicted octanol–water partition coefficient (Wildman–Crippen LogP) is 1.39. The molecule has 0 aliphatic carbocycles. The Labute approximate surface area is 140 Å². The SMILES string of the molecule is Cc1nn(C)cc1-c1csc(NC(=O)Cn2cc(C(=O)O)cn2)n1. The van der Waals surface area contributed by atoms with Gasteiger partial charge in [-0.2, -0.15) is 10.2 Å². The fourth-order valence-corrected chi connectivity index (χ4v) is 2.90. The van der Waals surface area contributed by atoms with E-state index in [1.165, 1.54) is 28.4 Å². The Morgan fingerprint density at radius 2 is 2.17 bits per heavy atom. The van der Waals surface area contributed by atoms with E-state index in [1.807, 2.05) is 25.5 Å². The lowest BCUT2D eigenvalue weighted by Crippen LogP contribution is -2.18. The summed E-state index contributed by atoms with van der Waals surface area (Å²) in [5.74, 6) is -1.42. The van der Waals surface area contributed by atoms with Gasteiger partial charge in [0.05, 0.1) is 23.1 Å². The summed E-state index contributed by atoms with van der Waals surface area (Å²) in [6.07, 6.45) is 4.36. The van der Waals surface area contributed by atoms with Crippen LogP contribution in [-0.4, -0.2) is 41.5 Å². The standard InChI is InChI=1S/C14H14N6O3S/c1-8-10(5-19(2)18-8)11-7-24-14(16-11)17-12(21)6-20-4-9(3-15-20)13(22)23/h3-5,7H,6H2,1-2H3,(H,22,23)(H,16,17,21). The fraction of sp³-hybridized carbons (Fsp3) is 0.214. The molecule has 0 saturated carbocycles. The van der Waals surface area contributed by atoms with Crippen molar-refractivity contribution < 1.29 is 14.7 Å². The first-order chi connectivity index (χ1) is 11.4. The summed E-state index contributed by atoms with van der Waals surface area (Å²) >= 11 is 1.31. The van der Waals surface area contributed by atoms with Gasteiger partial charge >= 0.3 is 5.97 Å². The zero-order valence-corrected chi connectivity index (χ0v) is 13.7. The van der Waals surface area contributed by atoms with Gasteiger partial charge in [-0.25, -0.2) is 9.78 Å². The molecule has 2 N–H and O–H groups in total. The highest BCUT2D eigenvalue weighted by molar-refractivity contribution is 7.14. The lowest BCUT2D eigenvalue weighted by molar-refractivity contribution is -0.116. The van der Waals surface area contributed by atoms with Crippen molar-refractivity contribution in [3.63, 3.8) is 0 Å². The van der Waals surface area contributed by atoms with Gasteiger partial charge in [-0.15, -0.1) is 11.3 Å². The average molecular weight is 346 g/mol. The lowest BCUT2D eigenvalue weighted by Gasteiger charge is -2.01. The maximum Gasteiger partial charge on any atom is 0.338 e. The normalized spacial score (nSPS) is 10.8. The number of carboxylic acid groups (broad SMARTS) is 1. The summed E-state index contributed by atoms with van der Waals surface area (Å²) in [5, 5.41) is 21.9. The molecule has 3 aromatic heterocycles. The Kier molecular flexibility index (Phi) is 4.13. The molecule has 124 valence electrons. The Morgan fingerprint density at radius 1 is 1.38 bits per heavy atom. The van der Waals surface area contributed by atoms with E-state index >= 15 is 0 Å². The van der Waals surface area contributed by atoms with Crippen LogP contribution in [0.5, 0.6) is 0 Å². The minimum atomic E-state index is -1.09. The van der Waals surface area contributed by atoms with Gasteiger partial charge in [-0.1, -0.05) is 0 Å². The number of aromatic nitrogens is 5. The van der Waals surface area contributed by atoms with Crippen molar-refractivity contribution in [2.45, 2.75) is 13.5 Å². The van der Waals surface area contributed by atoms with Gasteiger partial charge in [-0.05, 0) is 6.92 Å². The zero-order chi connectivity index (χ0) is 17.3. The Morgan fingerprint density at radius 3 is 2.79 bits per heavy atom. The monoisotopic (exact) mass is 346 g/mol. The first-order valence-electron chi connectivity index (χ1n) is 6.94. The summed E-state index contributed by atoms with van der Waals surface area (Å²) in [5.41, 5.74) is 2.55. The number of nitrogens with zero attached hydrogens (tertiary/aromatic N) is 5. The van der Waals surface area contributed by atoms with Crippen molar-refractivity contribution in [2.24, 2.45) is 7.05 Å². The van der Waals surface area contributed by atoms with Crippen LogP contribution in [0.15, 0.2) is 24.0 Å². The fourth-order valence-electron chi connectivity index (χ4n) is 2.17. The van der Waals surface area contributed by atoms with Crippen LogP contribution in [0, 0.1) is 6.92 Å². The molecule has 0 radical (unpaired) electrons. The van der Waals surface area contributed by atoms with Gasteiger partial charge in [0.2, 0.25) is 5.91 Å². The van der Waals surface area contributed by atoms with Gasteiger partial charge in [0.25, 0.3) is 0 Å². The number of hydrogen-bond acceptors (Lipinski definition) is 6. The van der Waals surface area contributed by atoms with Crippen LogP contribution in [0.4, 0.5) is 5.13 Å². The van der Waals surface area contributed by atoms with Crippen LogP contribution in [0.1, 0.15) is 16.1 Å². The van der Waals surface area contributed by atoms with E-state index in [0.717, 1.165) is 17.0 Å². The van der Waals surface area contributed by atoms with Crippen molar-refractivity contribution in [3.8, 4) is 11.3 Å². The molecule has 0 saturated heterocycles. The first kappa shape index (κ1) is 15.9. The zero-order valence-electron chi connectivity index (χ0n) is 12.9. The second-order valence-corrected chi connectivity index (χ2v) is 5.98. The predicted molar refractivity (Wildman–Crippen MR) is 86.9 cm³/mol. The van der Waals surface area contributed by atoms with Crippen molar-refractivity contribution >= 4 is 28.3 Å². The summed E-state index contributed by atoms with van der Waals surface area (Å²) in [7, 11) is 1.83. The number of nitrogens with one attached hydrogen (secondary N) is 1. The van der Waals surface area contributed by atoms with E-state index < -0.39 is 5.97 Å². The van der Waals surface area contributed by atoms with Crippen LogP contribution in [-0.2, 0) is 18.4 Å². The third-order valence-electron chi connectivity index (χ3n) is 3.23. The molecule has 3 heterocycles. The van der Waals surface area contributed by atoms with E-state index in [9.17, 15) is 9.59 Å². The molecule has 0 spiro atoms. The highest BCUT2D eigenvalue weighted by Gasteiger charge is 2.13. The maximum absolute atomic E-state index is 12.0. The number of aryl methyl sites for hydroxylation is 2. The van der Waals surface area contributed by atoms with Crippen LogP contribution >= 0.6 is 11.3 Å². The molecule has 0 bridgehead atoms. The summed E-state index contributed by atoms with van der Waals surface area (Å²) in [6.45, 7) is 1.80. The molecule has 3 rings (SSSR count). The van der Waals surface area contributed by atoms with Gasteiger partial charge in [0.15, 0.2) is 5.13 Å². The van der Waals surface area contributed by atoms with Crippen molar-refractivity contribution in [1.82, 2.24) is 24.5 Å². The first-order valence-corrected chi connectivity index (χ1v) is 7.82. The minimum absolute atomic E-state index is 0.0337. The van der Waals surface area contributed by atoms with Gasteiger partial charge in [-0.3, -0.25) is 14.2 Å². The van der Waals surface area contributed by atoms with Crippen LogP contribution in [0.25, 0.3) is 11.3 Å². The number of carbonyl (C=O) groups excluding carboxylic acids is 1. The Bertz CT molecular complexity index is 909. The maximum atomic E-state index is 12.0. The molecule has 3 aromatic rings. The topological polar surface area (TPSA) is 115 Å². The number of hydrogen-bond donors (Lipinski definition) is 2. The number of aromatic carboxylic acids is 1. The number of amides is 1. The van der Waals surface area contributed by atoms with Gasteiger partial charge in [0, 0.05) is 30.4 Å².